The van der Waals surface area contributed by atoms with E-state index in [1.54, 1.807) is 12.1 Å². The van der Waals surface area contributed by atoms with Crippen molar-refractivity contribution in [1.29, 1.82) is 0 Å². The molecule has 0 saturated carbocycles. The summed E-state index contributed by atoms with van der Waals surface area (Å²) in [6.45, 7) is 2.07. The fourth-order valence-electron chi connectivity index (χ4n) is 1.66. The van der Waals surface area contributed by atoms with Crippen LogP contribution >= 0.6 is 0 Å². The monoisotopic (exact) mass is 258 g/mol. The predicted octanol–water partition coefficient (Wildman–Crippen LogP) is 3.18. The van der Waals surface area contributed by atoms with E-state index < -0.39 is 0 Å². The van der Waals surface area contributed by atoms with E-state index in [1.807, 2.05) is 31.2 Å². The molecule has 0 atom stereocenters. The minimum absolute atomic E-state index is 0.139. The van der Waals surface area contributed by atoms with Gasteiger partial charge in [0.05, 0.1) is 6.54 Å². The van der Waals surface area contributed by atoms with Crippen LogP contribution in [0.4, 0.5) is 15.8 Å². The number of carbonyl (C=O) groups is 1. The Morgan fingerprint density at radius 1 is 1.11 bits per heavy atom. The highest BCUT2D eigenvalue weighted by Gasteiger charge is 2.03. The average molecular weight is 258 g/mol. The molecule has 1 amide bonds. The number of benzene rings is 2. The third-order valence-electron chi connectivity index (χ3n) is 2.72. The molecular weight excluding hydrogens is 243 g/mol. The number of amides is 1. The van der Waals surface area contributed by atoms with E-state index in [9.17, 15) is 9.18 Å². The zero-order valence-electron chi connectivity index (χ0n) is 10.6. The van der Waals surface area contributed by atoms with Crippen LogP contribution in [0.15, 0.2) is 48.5 Å². The summed E-state index contributed by atoms with van der Waals surface area (Å²) in [5.74, 6) is -0.437. The normalized spacial score (nSPS) is 10.0. The highest BCUT2D eigenvalue weighted by atomic mass is 19.1. The van der Waals surface area contributed by atoms with Crippen LogP contribution in [0.25, 0.3) is 0 Å². The van der Waals surface area contributed by atoms with Crippen molar-refractivity contribution in [2.45, 2.75) is 6.92 Å². The van der Waals surface area contributed by atoms with E-state index in [0.29, 0.717) is 5.69 Å². The van der Waals surface area contributed by atoms with Crippen LogP contribution in [0.3, 0.4) is 0 Å². The molecule has 0 saturated heterocycles. The first kappa shape index (κ1) is 13.1. The summed E-state index contributed by atoms with van der Waals surface area (Å²) in [7, 11) is 0. The number of rotatable bonds is 4. The quantitative estimate of drug-likeness (QED) is 0.884. The van der Waals surface area contributed by atoms with E-state index in [-0.39, 0.29) is 18.3 Å². The lowest BCUT2D eigenvalue weighted by Gasteiger charge is -2.09. The Labute approximate surface area is 111 Å². The molecule has 0 aromatic heterocycles. The summed E-state index contributed by atoms with van der Waals surface area (Å²) >= 11 is 0. The van der Waals surface area contributed by atoms with Gasteiger partial charge in [-0.05, 0) is 42.8 Å². The lowest BCUT2D eigenvalue weighted by atomic mass is 10.2. The van der Waals surface area contributed by atoms with Crippen molar-refractivity contribution in [2.24, 2.45) is 0 Å². The first-order valence-electron chi connectivity index (χ1n) is 6.00. The Morgan fingerprint density at radius 2 is 1.79 bits per heavy atom. The first-order chi connectivity index (χ1) is 9.15. The smallest absolute Gasteiger partial charge is 0.243 e. The Morgan fingerprint density at radius 3 is 2.47 bits per heavy atom. The summed E-state index contributed by atoms with van der Waals surface area (Å²) < 4.78 is 12.7. The zero-order chi connectivity index (χ0) is 13.7. The largest absolute Gasteiger partial charge is 0.376 e. The van der Waals surface area contributed by atoms with Crippen LogP contribution in [0, 0.1) is 12.7 Å². The molecule has 2 aromatic rings. The summed E-state index contributed by atoms with van der Waals surface area (Å²) in [6.07, 6.45) is 0. The fraction of sp³-hybridized carbons (Fsp3) is 0.133. The van der Waals surface area contributed by atoms with Crippen molar-refractivity contribution in [3.05, 3.63) is 59.9 Å². The molecular formula is C15H15FN2O. The second-order valence-corrected chi connectivity index (χ2v) is 4.22. The SMILES string of the molecule is Cc1ccccc1NC(=O)CNc1ccc(F)cc1. The van der Waals surface area contributed by atoms with E-state index in [2.05, 4.69) is 10.6 Å². The topological polar surface area (TPSA) is 41.1 Å². The minimum atomic E-state index is -0.296. The van der Waals surface area contributed by atoms with Crippen molar-refractivity contribution >= 4 is 17.3 Å². The maximum absolute atomic E-state index is 12.7. The fourth-order valence-corrected chi connectivity index (χ4v) is 1.66. The molecule has 0 aliphatic carbocycles. The minimum Gasteiger partial charge on any atom is -0.376 e. The van der Waals surface area contributed by atoms with Gasteiger partial charge in [0, 0.05) is 11.4 Å². The van der Waals surface area contributed by atoms with Gasteiger partial charge < -0.3 is 10.6 Å². The highest BCUT2D eigenvalue weighted by molar-refractivity contribution is 5.94. The molecule has 0 bridgehead atoms. The summed E-state index contributed by atoms with van der Waals surface area (Å²) in [4.78, 5) is 11.8. The Balaban J connectivity index is 1.88. The Hall–Kier alpha value is -2.36. The summed E-state index contributed by atoms with van der Waals surface area (Å²) in [5, 5.41) is 5.75. The molecule has 2 aromatic carbocycles. The lowest BCUT2D eigenvalue weighted by Crippen LogP contribution is -2.22. The molecule has 98 valence electrons. The number of hydrogen-bond acceptors (Lipinski definition) is 2. The molecule has 2 N–H and O–H groups in total. The van der Waals surface area contributed by atoms with Crippen LogP contribution in [0.1, 0.15) is 5.56 Å². The van der Waals surface area contributed by atoms with Gasteiger partial charge in [-0.15, -0.1) is 0 Å². The third kappa shape index (κ3) is 3.81. The molecule has 0 unspecified atom stereocenters. The molecule has 0 spiro atoms. The van der Waals surface area contributed by atoms with Crippen molar-refractivity contribution in [1.82, 2.24) is 0 Å². The van der Waals surface area contributed by atoms with Gasteiger partial charge in [0.15, 0.2) is 0 Å². The van der Waals surface area contributed by atoms with Gasteiger partial charge in [-0.1, -0.05) is 18.2 Å². The maximum atomic E-state index is 12.7. The van der Waals surface area contributed by atoms with Crippen LogP contribution in [0.2, 0.25) is 0 Å². The molecule has 4 heteroatoms. The van der Waals surface area contributed by atoms with E-state index in [1.165, 1.54) is 12.1 Å². The molecule has 2 rings (SSSR count). The van der Waals surface area contributed by atoms with Crippen molar-refractivity contribution in [3.8, 4) is 0 Å². The van der Waals surface area contributed by atoms with Gasteiger partial charge in [0.25, 0.3) is 0 Å². The van der Waals surface area contributed by atoms with Crippen LogP contribution in [-0.2, 0) is 4.79 Å². The molecule has 0 radical (unpaired) electrons. The van der Waals surface area contributed by atoms with Crippen LogP contribution in [-0.4, -0.2) is 12.5 Å². The van der Waals surface area contributed by atoms with E-state index in [4.69, 9.17) is 0 Å². The number of para-hydroxylation sites is 1. The van der Waals surface area contributed by atoms with Crippen molar-refractivity contribution in [2.75, 3.05) is 17.2 Å². The van der Waals surface area contributed by atoms with Crippen LogP contribution in [0.5, 0.6) is 0 Å². The Kier molecular flexibility index (Phi) is 4.13. The zero-order valence-corrected chi connectivity index (χ0v) is 10.6. The Bertz CT molecular complexity index is 567. The van der Waals surface area contributed by atoms with Crippen molar-refractivity contribution < 1.29 is 9.18 Å². The summed E-state index contributed by atoms with van der Waals surface area (Å²) in [6, 6.07) is 13.5. The second kappa shape index (κ2) is 6.00. The molecule has 3 nitrogen and oxygen atoms in total. The average Bonchev–Trinajstić information content (AvgIpc) is 2.41. The third-order valence-corrected chi connectivity index (χ3v) is 2.72. The number of carbonyl (C=O) groups excluding carboxylic acids is 1. The maximum Gasteiger partial charge on any atom is 0.243 e. The standard InChI is InChI=1S/C15H15FN2O/c1-11-4-2-3-5-14(11)18-15(19)10-17-13-8-6-12(16)7-9-13/h2-9,17H,10H2,1H3,(H,18,19). The van der Waals surface area contributed by atoms with Gasteiger partial charge in [-0.2, -0.15) is 0 Å². The van der Waals surface area contributed by atoms with Gasteiger partial charge in [-0.3, -0.25) is 4.79 Å². The first-order valence-corrected chi connectivity index (χ1v) is 6.00. The van der Waals surface area contributed by atoms with Gasteiger partial charge in [-0.25, -0.2) is 4.39 Å². The van der Waals surface area contributed by atoms with E-state index >= 15 is 0 Å². The van der Waals surface area contributed by atoms with E-state index in [0.717, 1.165) is 11.3 Å². The van der Waals surface area contributed by atoms with Gasteiger partial charge in [0.1, 0.15) is 5.82 Å². The number of nitrogens with one attached hydrogen (secondary N) is 2. The molecule has 19 heavy (non-hydrogen) atoms. The molecule has 0 fully saturated rings. The van der Waals surface area contributed by atoms with Crippen LogP contribution < -0.4 is 10.6 Å². The number of aryl methyl sites for hydroxylation is 1. The van der Waals surface area contributed by atoms with Gasteiger partial charge >= 0.3 is 0 Å². The number of anilines is 2. The summed E-state index contributed by atoms with van der Waals surface area (Å²) in [5.41, 5.74) is 2.52. The lowest BCUT2D eigenvalue weighted by molar-refractivity contribution is -0.114. The van der Waals surface area contributed by atoms with Gasteiger partial charge in [0.2, 0.25) is 5.91 Å². The highest BCUT2D eigenvalue weighted by Crippen LogP contribution is 2.13. The molecule has 0 aliphatic rings. The second-order valence-electron chi connectivity index (χ2n) is 4.22. The predicted molar refractivity (Wildman–Crippen MR) is 74.7 cm³/mol. The molecule has 0 aliphatic heterocycles. The van der Waals surface area contributed by atoms with Crippen molar-refractivity contribution in [3.63, 3.8) is 0 Å². The number of halogens is 1. The number of hydrogen-bond donors (Lipinski definition) is 2. The molecule has 0 heterocycles.